The fourth-order valence-corrected chi connectivity index (χ4v) is 2.12. The van der Waals surface area contributed by atoms with Crippen LogP contribution in [0.4, 0.5) is 5.69 Å². The first-order valence-electron chi connectivity index (χ1n) is 7.16. The van der Waals surface area contributed by atoms with Gasteiger partial charge in [0.15, 0.2) is 6.61 Å². The van der Waals surface area contributed by atoms with Crippen LogP contribution >= 0.6 is 0 Å². The SMILES string of the molecule is Cc1ccccc1CNC(=O)COc1ccc([N+](=O)[O-])c(C)c1. The highest BCUT2D eigenvalue weighted by Crippen LogP contribution is 2.22. The van der Waals surface area contributed by atoms with Crippen LogP contribution in [-0.4, -0.2) is 17.4 Å². The van der Waals surface area contributed by atoms with Gasteiger partial charge in [0.2, 0.25) is 0 Å². The van der Waals surface area contributed by atoms with Crippen LogP contribution in [-0.2, 0) is 11.3 Å². The molecule has 0 aliphatic heterocycles. The van der Waals surface area contributed by atoms with Gasteiger partial charge in [-0.25, -0.2) is 0 Å². The minimum Gasteiger partial charge on any atom is -0.484 e. The number of hydrogen-bond acceptors (Lipinski definition) is 4. The summed E-state index contributed by atoms with van der Waals surface area (Å²) in [6, 6.07) is 12.2. The van der Waals surface area contributed by atoms with E-state index in [-0.39, 0.29) is 18.2 Å². The van der Waals surface area contributed by atoms with Crippen molar-refractivity contribution in [2.24, 2.45) is 0 Å². The number of carbonyl (C=O) groups is 1. The predicted octanol–water partition coefficient (Wildman–Crippen LogP) is 2.91. The number of nitro groups is 1. The van der Waals surface area contributed by atoms with Crippen LogP contribution in [0.3, 0.4) is 0 Å². The molecule has 6 nitrogen and oxygen atoms in total. The molecule has 0 spiro atoms. The average molecular weight is 314 g/mol. The quantitative estimate of drug-likeness (QED) is 0.656. The maximum absolute atomic E-state index is 11.8. The van der Waals surface area contributed by atoms with E-state index in [1.807, 2.05) is 31.2 Å². The van der Waals surface area contributed by atoms with E-state index in [0.29, 0.717) is 17.9 Å². The second-order valence-electron chi connectivity index (χ2n) is 5.20. The first-order chi connectivity index (χ1) is 11.0. The minimum absolute atomic E-state index is 0.0290. The Balaban J connectivity index is 1.86. The van der Waals surface area contributed by atoms with Crippen molar-refractivity contribution in [3.8, 4) is 5.75 Å². The highest BCUT2D eigenvalue weighted by atomic mass is 16.6. The summed E-state index contributed by atoms with van der Waals surface area (Å²) in [5.41, 5.74) is 2.68. The summed E-state index contributed by atoms with van der Waals surface area (Å²) in [4.78, 5) is 22.1. The molecular formula is C17H18N2O4. The second kappa shape index (κ2) is 7.40. The van der Waals surface area contributed by atoms with Gasteiger partial charge in [0.05, 0.1) is 4.92 Å². The Labute approximate surface area is 134 Å². The summed E-state index contributed by atoms with van der Waals surface area (Å²) in [5, 5.41) is 13.5. The number of nitrogens with one attached hydrogen (secondary N) is 1. The van der Waals surface area contributed by atoms with Crippen LogP contribution < -0.4 is 10.1 Å². The molecule has 0 radical (unpaired) electrons. The summed E-state index contributed by atoms with van der Waals surface area (Å²) < 4.78 is 5.37. The Hall–Kier alpha value is -2.89. The minimum atomic E-state index is -0.450. The number of rotatable bonds is 6. The largest absolute Gasteiger partial charge is 0.484 e. The van der Waals surface area contributed by atoms with Crippen molar-refractivity contribution in [2.75, 3.05) is 6.61 Å². The van der Waals surface area contributed by atoms with E-state index in [1.165, 1.54) is 12.1 Å². The molecule has 0 fully saturated rings. The first-order valence-corrected chi connectivity index (χ1v) is 7.16. The van der Waals surface area contributed by atoms with E-state index in [9.17, 15) is 14.9 Å². The molecule has 0 saturated heterocycles. The van der Waals surface area contributed by atoms with Gasteiger partial charge in [-0.1, -0.05) is 24.3 Å². The molecule has 1 N–H and O–H groups in total. The van der Waals surface area contributed by atoms with E-state index in [0.717, 1.165) is 11.1 Å². The van der Waals surface area contributed by atoms with Crippen LogP contribution in [0.5, 0.6) is 5.75 Å². The molecule has 2 rings (SSSR count). The lowest BCUT2D eigenvalue weighted by Gasteiger charge is -2.09. The van der Waals surface area contributed by atoms with Crippen molar-refractivity contribution in [1.82, 2.24) is 5.32 Å². The summed E-state index contributed by atoms with van der Waals surface area (Å²) in [5.74, 6) is 0.184. The third-order valence-electron chi connectivity index (χ3n) is 3.47. The lowest BCUT2D eigenvalue weighted by molar-refractivity contribution is -0.385. The molecule has 0 atom stereocenters. The van der Waals surface area contributed by atoms with E-state index in [2.05, 4.69) is 5.32 Å². The molecule has 1 amide bonds. The van der Waals surface area contributed by atoms with Crippen LogP contribution in [0.15, 0.2) is 42.5 Å². The molecule has 6 heteroatoms. The smallest absolute Gasteiger partial charge is 0.272 e. The van der Waals surface area contributed by atoms with Gasteiger partial charge in [-0.05, 0) is 37.1 Å². The zero-order chi connectivity index (χ0) is 16.8. The number of aryl methyl sites for hydroxylation is 2. The molecule has 120 valence electrons. The van der Waals surface area contributed by atoms with Crippen LogP contribution in [0, 0.1) is 24.0 Å². The molecule has 0 aromatic heterocycles. The summed E-state index contributed by atoms with van der Waals surface area (Å²) in [7, 11) is 0. The Morgan fingerprint density at radius 3 is 2.57 bits per heavy atom. The summed E-state index contributed by atoms with van der Waals surface area (Å²) >= 11 is 0. The number of amides is 1. The van der Waals surface area contributed by atoms with E-state index in [4.69, 9.17) is 4.74 Å². The predicted molar refractivity (Wildman–Crippen MR) is 86.4 cm³/mol. The van der Waals surface area contributed by atoms with Crippen molar-refractivity contribution in [3.05, 3.63) is 69.3 Å². The zero-order valence-electron chi connectivity index (χ0n) is 13.0. The Morgan fingerprint density at radius 1 is 1.17 bits per heavy atom. The summed E-state index contributed by atoms with van der Waals surface area (Å²) in [6.45, 7) is 3.91. The molecule has 23 heavy (non-hydrogen) atoms. The highest BCUT2D eigenvalue weighted by Gasteiger charge is 2.11. The van der Waals surface area contributed by atoms with Gasteiger partial charge in [0, 0.05) is 18.2 Å². The molecule has 2 aromatic rings. The lowest BCUT2D eigenvalue weighted by Crippen LogP contribution is -2.28. The van der Waals surface area contributed by atoms with Gasteiger partial charge in [0.25, 0.3) is 11.6 Å². The van der Waals surface area contributed by atoms with Gasteiger partial charge < -0.3 is 10.1 Å². The van der Waals surface area contributed by atoms with E-state index in [1.54, 1.807) is 13.0 Å². The van der Waals surface area contributed by atoms with Crippen LogP contribution in [0.1, 0.15) is 16.7 Å². The normalized spacial score (nSPS) is 10.2. The first kappa shape index (κ1) is 16.5. The summed E-state index contributed by atoms with van der Waals surface area (Å²) in [6.07, 6.45) is 0. The maximum atomic E-state index is 11.8. The van der Waals surface area contributed by atoms with Crippen molar-refractivity contribution in [1.29, 1.82) is 0 Å². The fraction of sp³-hybridized carbons (Fsp3) is 0.235. The van der Waals surface area contributed by atoms with Crippen molar-refractivity contribution >= 4 is 11.6 Å². The van der Waals surface area contributed by atoms with Crippen LogP contribution in [0.25, 0.3) is 0 Å². The van der Waals surface area contributed by atoms with E-state index < -0.39 is 4.92 Å². The van der Waals surface area contributed by atoms with Gasteiger partial charge in [-0.3, -0.25) is 14.9 Å². The molecule has 2 aromatic carbocycles. The van der Waals surface area contributed by atoms with Crippen molar-refractivity contribution in [3.63, 3.8) is 0 Å². The van der Waals surface area contributed by atoms with Crippen LogP contribution in [0.2, 0.25) is 0 Å². The Kier molecular flexibility index (Phi) is 5.30. The molecular weight excluding hydrogens is 296 g/mol. The zero-order valence-corrected chi connectivity index (χ0v) is 13.0. The number of hydrogen-bond donors (Lipinski definition) is 1. The molecule has 0 aliphatic rings. The average Bonchev–Trinajstić information content (AvgIpc) is 2.52. The highest BCUT2D eigenvalue weighted by molar-refractivity contribution is 5.77. The number of nitro benzene ring substituents is 1. The molecule has 0 bridgehead atoms. The van der Waals surface area contributed by atoms with Gasteiger partial charge >= 0.3 is 0 Å². The third-order valence-corrected chi connectivity index (χ3v) is 3.47. The molecule has 0 heterocycles. The lowest BCUT2D eigenvalue weighted by atomic mass is 10.1. The fourth-order valence-electron chi connectivity index (χ4n) is 2.12. The topological polar surface area (TPSA) is 81.5 Å². The Morgan fingerprint density at radius 2 is 1.91 bits per heavy atom. The number of carbonyl (C=O) groups excluding carboxylic acids is 1. The second-order valence-corrected chi connectivity index (χ2v) is 5.20. The van der Waals surface area contributed by atoms with E-state index >= 15 is 0 Å². The number of benzene rings is 2. The van der Waals surface area contributed by atoms with Gasteiger partial charge in [-0.15, -0.1) is 0 Å². The molecule has 0 unspecified atom stereocenters. The molecule has 0 saturated carbocycles. The monoisotopic (exact) mass is 314 g/mol. The van der Waals surface area contributed by atoms with Crippen molar-refractivity contribution < 1.29 is 14.5 Å². The molecule has 0 aliphatic carbocycles. The standard InChI is InChI=1S/C17H18N2O4/c1-12-5-3-4-6-14(12)10-18-17(20)11-23-15-7-8-16(19(21)22)13(2)9-15/h3-9H,10-11H2,1-2H3,(H,18,20). The van der Waals surface area contributed by atoms with Crippen molar-refractivity contribution in [2.45, 2.75) is 20.4 Å². The Bertz CT molecular complexity index is 728. The maximum Gasteiger partial charge on any atom is 0.272 e. The van der Waals surface area contributed by atoms with Gasteiger partial charge in [0.1, 0.15) is 5.75 Å². The van der Waals surface area contributed by atoms with Gasteiger partial charge in [-0.2, -0.15) is 0 Å². The number of nitrogens with zero attached hydrogens (tertiary/aromatic N) is 1. The number of ether oxygens (including phenoxy) is 1. The third kappa shape index (κ3) is 4.54.